The Balaban J connectivity index is 2.46. The first-order chi connectivity index (χ1) is 8.03. The molecule has 0 amide bonds. The zero-order valence-electron chi connectivity index (χ0n) is 9.72. The maximum Gasteiger partial charge on any atom is 0.0222 e. The van der Waals surface area contributed by atoms with E-state index in [1.807, 2.05) is 0 Å². The van der Waals surface area contributed by atoms with Crippen LogP contribution in [0.15, 0.2) is 45.3 Å². The molecule has 0 unspecified atom stereocenters. The van der Waals surface area contributed by atoms with Crippen LogP contribution in [0.4, 0.5) is 0 Å². The summed E-state index contributed by atoms with van der Waals surface area (Å²) in [5.74, 6) is 0. The highest BCUT2D eigenvalue weighted by Gasteiger charge is 2.38. The van der Waals surface area contributed by atoms with Gasteiger partial charge in [-0.3, -0.25) is 0 Å². The minimum Gasteiger partial charge on any atom is -0.0605 e. The van der Waals surface area contributed by atoms with Crippen LogP contribution in [0.1, 0.15) is 25.0 Å². The summed E-state index contributed by atoms with van der Waals surface area (Å²) in [6.45, 7) is 4.57. The maximum absolute atomic E-state index is 3.69. The summed E-state index contributed by atoms with van der Waals surface area (Å²) < 4.78 is 2.39. The van der Waals surface area contributed by atoms with E-state index >= 15 is 0 Å². The van der Waals surface area contributed by atoms with Crippen molar-refractivity contribution >= 4 is 31.9 Å². The van der Waals surface area contributed by atoms with Crippen LogP contribution in [-0.2, 0) is 5.41 Å². The Morgan fingerprint density at radius 3 is 1.59 bits per heavy atom. The smallest absolute Gasteiger partial charge is 0.0222 e. The monoisotopic (exact) mass is 350 g/mol. The predicted octanol–water partition coefficient (Wildman–Crippen LogP) is 5.52. The largest absolute Gasteiger partial charge is 0.0605 e. The minimum atomic E-state index is 0.0465. The van der Waals surface area contributed by atoms with Gasteiger partial charge in [-0.25, -0.2) is 0 Å². The third-order valence-electron chi connectivity index (χ3n) is 3.57. The molecule has 2 heteroatoms. The lowest BCUT2D eigenvalue weighted by molar-refractivity contribution is 0.654. The molecule has 0 nitrogen and oxygen atoms in total. The van der Waals surface area contributed by atoms with Crippen molar-refractivity contribution in [2.24, 2.45) is 0 Å². The van der Waals surface area contributed by atoms with Gasteiger partial charge in [-0.15, -0.1) is 0 Å². The molecule has 1 aliphatic carbocycles. The van der Waals surface area contributed by atoms with Gasteiger partial charge in [0.1, 0.15) is 0 Å². The molecule has 2 aromatic rings. The van der Waals surface area contributed by atoms with E-state index < -0.39 is 0 Å². The summed E-state index contributed by atoms with van der Waals surface area (Å²) in [5.41, 5.74) is 5.52. The lowest BCUT2D eigenvalue weighted by atomic mass is 9.82. The van der Waals surface area contributed by atoms with Crippen LogP contribution in [0.2, 0.25) is 0 Å². The highest BCUT2D eigenvalue weighted by Crippen LogP contribution is 2.53. The summed E-state index contributed by atoms with van der Waals surface area (Å²) in [4.78, 5) is 0. The van der Waals surface area contributed by atoms with Crippen molar-refractivity contribution in [1.82, 2.24) is 0 Å². The minimum absolute atomic E-state index is 0.0465. The van der Waals surface area contributed by atoms with E-state index in [1.54, 1.807) is 0 Å². The number of rotatable bonds is 0. The van der Waals surface area contributed by atoms with E-state index in [2.05, 4.69) is 82.1 Å². The first-order valence-electron chi connectivity index (χ1n) is 5.62. The molecule has 0 saturated heterocycles. The molecule has 0 fully saturated rings. The van der Waals surface area contributed by atoms with Gasteiger partial charge >= 0.3 is 0 Å². The number of hydrogen-bond acceptors (Lipinski definition) is 0. The molecule has 1 aliphatic rings. The van der Waals surface area contributed by atoms with Crippen molar-refractivity contribution in [3.63, 3.8) is 0 Å². The molecule has 0 aromatic heterocycles. The van der Waals surface area contributed by atoms with Gasteiger partial charge in [-0.1, -0.05) is 70.0 Å². The second-order valence-corrected chi connectivity index (χ2v) is 6.66. The highest BCUT2D eigenvalue weighted by molar-refractivity contribution is 9.10. The molecule has 3 rings (SSSR count). The van der Waals surface area contributed by atoms with Gasteiger partial charge in [-0.05, 0) is 34.4 Å². The zero-order chi connectivity index (χ0) is 12.2. The van der Waals surface area contributed by atoms with Crippen LogP contribution < -0.4 is 0 Å². The second-order valence-electron chi connectivity index (χ2n) is 4.95. The molecular weight excluding hydrogens is 340 g/mol. The first-order valence-corrected chi connectivity index (χ1v) is 7.20. The lowest BCUT2D eigenvalue weighted by Gasteiger charge is -2.23. The number of halogens is 2. The first kappa shape index (κ1) is 11.5. The Bertz CT molecular complexity index is 559. The molecule has 86 valence electrons. The quantitative estimate of drug-likeness (QED) is 0.586. The van der Waals surface area contributed by atoms with Gasteiger partial charge in [0.05, 0.1) is 0 Å². The van der Waals surface area contributed by atoms with Gasteiger partial charge in [0.25, 0.3) is 0 Å². The summed E-state index contributed by atoms with van der Waals surface area (Å²) in [6, 6.07) is 12.9. The predicted molar refractivity (Wildman–Crippen MR) is 79.4 cm³/mol. The third kappa shape index (κ3) is 1.47. The van der Waals surface area contributed by atoms with Gasteiger partial charge < -0.3 is 0 Å². The Labute approximate surface area is 118 Å². The second kappa shape index (κ2) is 3.69. The molecule has 0 N–H and O–H groups in total. The molecule has 17 heavy (non-hydrogen) atoms. The Morgan fingerprint density at radius 2 is 1.18 bits per heavy atom. The normalized spacial score (nSPS) is 15.5. The molecular formula is C15H12Br2. The van der Waals surface area contributed by atoms with E-state index in [9.17, 15) is 0 Å². The number of benzene rings is 2. The summed E-state index contributed by atoms with van der Waals surface area (Å²) in [6.07, 6.45) is 0. The number of hydrogen-bond donors (Lipinski definition) is 0. The lowest BCUT2D eigenvalue weighted by Crippen LogP contribution is -2.16. The molecule has 0 heterocycles. The third-order valence-corrected chi connectivity index (χ3v) is 4.89. The number of fused-ring (bicyclic) bond motifs is 3. The van der Waals surface area contributed by atoms with Crippen LogP contribution in [0.3, 0.4) is 0 Å². The van der Waals surface area contributed by atoms with Gasteiger partial charge in [-0.2, -0.15) is 0 Å². The fraction of sp³-hybridized carbons (Fsp3) is 0.200. The Hall–Kier alpha value is -0.600. The average molecular weight is 352 g/mol. The molecule has 0 saturated carbocycles. The zero-order valence-corrected chi connectivity index (χ0v) is 12.9. The van der Waals surface area contributed by atoms with E-state index in [0.29, 0.717) is 0 Å². The average Bonchev–Trinajstić information content (AvgIpc) is 2.50. The maximum atomic E-state index is 3.69. The fourth-order valence-corrected chi connectivity index (χ4v) is 4.62. The molecule has 2 aromatic carbocycles. The van der Waals surface area contributed by atoms with Crippen LogP contribution in [0, 0.1) is 0 Å². The van der Waals surface area contributed by atoms with E-state index in [1.165, 1.54) is 31.2 Å². The Morgan fingerprint density at radius 1 is 0.765 bits per heavy atom. The summed E-state index contributed by atoms with van der Waals surface area (Å²) in [5, 5.41) is 0. The Kier molecular flexibility index (Phi) is 2.50. The standard InChI is InChI=1S/C15H12Br2/c1-15(2)13-9(5-3-7-11(13)16)10-6-4-8-12(17)14(10)15/h3-8H,1-2H3. The van der Waals surface area contributed by atoms with Crippen molar-refractivity contribution in [2.75, 3.05) is 0 Å². The molecule has 0 bridgehead atoms. The van der Waals surface area contributed by atoms with Crippen molar-refractivity contribution < 1.29 is 0 Å². The fourth-order valence-electron chi connectivity index (χ4n) is 2.89. The van der Waals surface area contributed by atoms with E-state index in [-0.39, 0.29) is 5.41 Å². The van der Waals surface area contributed by atoms with Crippen LogP contribution in [0.25, 0.3) is 11.1 Å². The van der Waals surface area contributed by atoms with Crippen LogP contribution in [0.5, 0.6) is 0 Å². The van der Waals surface area contributed by atoms with Crippen LogP contribution >= 0.6 is 31.9 Å². The SMILES string of the molecule is CC1(C)c2c(Br)cccc2-c2cccc(Br)c21. The van der Waals surface area contributed by atoms with E-state index in [0.717, 1.165) is 0 Å². The van der Waals surface area contributed by atoms with Gasteiger partial charge in [0.2, 0.25) is 0 Å². The van der Waals surface area contributed by atoms with Gasteiger partial charge in [0.15, 0.2) is 0 Å². The summed E-state index contributed by atoms with van der Waals surface area (Å²) in [7, 11) is 0. The van der Waals surface area contributed by atoms with Gasteiger partial charge in [0, 0.05) is 14.4 Å². The summed E-state index contributed by atoms with van der Waals surface area (Å²) >= 11 is 7.38. The molecule has 0 spiro atoms. The molecule has 0 atom stereocenters. The van der Waals surface area contributed by atoms with Crippen molar-refractivity contribution in [3.8, 4) is 11.1 Å². The highest BCUT2D eigenvalue weighted by atomic mass is 79.9. The van der Waals surface area contributed by atoms with Crippen molar-refractivity contribution in [3.05, 3.63) is 56.5 Å². The van der Waals surface area contributed by atoms with Crippen molar-refractivity contribution in [2.45, 2.75) is 19.3 Å². The van der Waals surface area contributed by atoms with E-state index in [4.69, 9.17) is 0 Å². The van der Waals surface area contributed by atoms with Crippen molar-refractivity contribution in [1.29, 1.82) is 0 Å². The molecule has 0 aliphatic heterocycles. The topological polar surface area (TPSA) is 0 Å². The van der Waals surface area contributed by atoms with Crippen LogP contribution in [-0.4, -0.2) is 0 Å². The molecule has 0 radical (unpaired) electrons.